The van der Waals surface area contributed by atoms with Crippen molar-refractivity contribution in [2.24, 2.45) is 0 Å². The Hall–Kier alpha value is -4.64. The Labute approximate surface area is 231 Å². The minimum absolute atomic E-state index is 0.234. The van der Waals surface area contributed by atoms with Crippen molar-refractivity contribution in [3.63, 3.8) is 0 Å². The highest BCUT2D eigenvalue weighted by Crippen LogP contribution is 2.31. The van der Waals surface area contributed by atoms with Crippen molar-refractivity contribution in [1.82, 2.24) is 10.3 Å². The molecule has 41 heavy (non-hydrogen) atoms. The molecule has 11 heteroatoms. The van der Waals surface area contributed by atoms with E-state index in [4.69, 9.17) is 5.11 Å². The zero-order valence-electron chi connectivity index (χ0n) is 21.3. The number of aromatic nitrogens is 1. The van der Waals surface area contributed by atoms with E-state index in [0.29, 0.717) is 35.2 Å². The number of anilines is 1. The third kappa shape index (κ3) is 7.31. The van der Waals surface area contributed by atoms with Crippen LogP contribution in [0.2, 0.25) is 0 Å². The topological polar surface area (TPSA) is 91.3 Å². The molecule has 0 aliphatic rings. The van der Waals surface area contributed by atoms with Crippen LogP contribution in [0.5, 0.6) is 0 Å². The second-order valence-corrected chi connectivity index (χ2v) is 9.12. The van der Waals surface area contributed by atoms with Crippen molar-refractivity contribution in [3.8, 4) is 11.1 Å². The molecule has 0 fully saturated rings. The highest BCUT2D eigenvalue weighted by atomic mass is 19.4. The van der Waals surface area contributed by atoms with E-state index in [1.165, 1.54) is 36.5 Å². The second kappa shape index (κ2) is 12.3. The minimum atomic E-state index is -4.41. The average Bonchev–Trinajstić information content (AvgIpc) is 2.96. The number of aliphatic carboxylic acids is 1. The molecule has 1 amide bonds. The van der Waals surface area contributed by atoms with Gasteiger partial charge in [-0.2, -0.15) is 22.0 Å². The van der Waals surface area contributed by atoms with Gasteiger partial charge < -0.3 is 15.7 Å². The highest BCUT2D eigenvalue weighted by molar-refractivity contribution is 5.95. The number of nitrogens with one attached hydrogen (secondary N) is 2. The summed E-state index contributed by atoms with van der Waals surface area (Å²) in [6.45, 7) is 0.307. The van der Waals surface area contributed by atoms with Gasteiger partial charge in [-0.3, -0.25) is 4.79 Å². The SMILES string of the molecule is O=C(Nc1ccc(-c2ccc(C(F)(F)C(=O)O)cc2)cn1)C(NCCc1ccc(C(F)(F)F)cc1)c1ccccc1. The lowest BCUT2D eigenvalue weighted by Gasteiger charge is -2.19. The number of halogens is 5. The van der Waals surface area contributed by atoms with Crippen molar-refractivity contribution >= 4 is 17.7 Å². The first-order valence-corrected chi connectivity index (χ1v) is 12.4. The third-order valence-electron chi connectivity index (χ3n) is 6.30. The van der Waals surface area contributed by atoms with E-state index in [0.717, 1.165) is 24.3 Å². The number of carbonyl (C=O) groups excluding carboxylic acids is 1. The molecule has 1 unspecified atom stereocenters. The van der Waals surface area contributed by atoms with E-state index in [2.05, 4.69) is 15.6 Å². The Bertz CT molecular complexity index is 1480. The standard InChI is InChI=1S/C30H24F5N3O3/c31-29(32,28(40)41)23-13-8-20(9-14-23)22-10-15-25(37-18-22)38-27(39)26(21-4-2-1-3-5-21)36-17-16-19-6-11-24(12-7-19)30(33,34)35/h1-15,18,26,36H,16-17H2,(H,40,41)(H,37,38,39). The molecule has 1 aromatic heterocycles. The predicted molar refractivity (Wildman–Crippen MR) is 142 cm³/mol. The van der Waals surface area contributed by atoms with E-state index in [1.807, 2.05) is 0 Å². The summed E-state index contributed by atoms with van der Waals surface area (Å²) < 4.78 is 65.8. The number of carbonyl (C=O) groups is 2. The van der Waals surface area contributed by atoms with Gasteiger partial charge in [-0.25, -0.2) is 9.78 Å². The van der Waals surface area contributed by atoms with Crippen molar-refractivity contribution in [2.75, 3.05) is 11.9 Å². The molecule has 4 aromatic rings. The molecule has 0 spiro atoms. The van der Waals surface area contributed by atoms with E-state index in [-0.39, 0.29) is 5.82 Å². The van der Waals surface area contributed by atoms with Crippen LogP contribution >= 0.6 is 0 Å². The number of alkyl halides is 5. The van der Waals surface area contributed by atoms with Crippen LogP contribution in [0, 0.1) is 0 Å². The van der Waals surface area contributed by atoms with Gasteiger partial charge in [0, 0.05) is 23.9 Å². The Morgan fingerprint density at radius 3 is 1.95 bits per heavy atom. The molecule has 1 heterocycles. The molecule has 0 saturated heterocycles. The second-order valence-electron chi connectivity index (χ2n) is 9.12. The molecular weight excluding hydrogens is 545 g/mol. The van der Waals surface area contributed by atoms with Crippen LogP contribution in [0.15, 0.2) is 97.2 Å². The maximum Gasteiger partial charge on any atom is 0.416 e. The minimum Gasteiger partial charge on any atom is -0.477 e. The van der Waals surface area contributed by atoms with Gasteiger partial charge in [-0.1, -0.05) is 66.7 Å². The number of rotatable bonds is 10. The van der Waals surface area contributed by atoms with Gasteiger partial charge in [0.05, 0.1) is 5.56 Å². The van der Waals surface area contributed by atoms with Crippen LogP contribution in [0.1, 0.15) is 28.3 Å². The number of benzene rings is 3. The summed E-state index contributed by atoms with van der Waals surface area (Å²) >= 11 is 0. The monoisotopic (exact) mass is 569 g/mol. The lowest BCUT2D eigenvalue weighted by Crippen LogP contribution is -2.34. The first-order valence-electron chi connectivity index (χ1n) is 12.4. The predicted octanol–water partition coefficient (Wildman–Crippen LogP) is 6.46. The number of amides is 1. The van der Waals surface area contributed by atoms with Crippen molar-refractivity contribution in [3.05, 3.63) is 119 Å². The lowest BCUT2D eigenvalue weighted by atomic mass is 10.0. The zero-order valence-corrected chi connectivity index (χ0v) is 21.3. The summed E-state index contributed by atoms with van der Waals surface area (Å²) in [5.74, 6) is -6.43. The Kier molecular flexibility index (Phi) is 8.77. The smallest absolute Gasteiger partial charge is 0.416 e. The zero-order chi connectivity index (χ0) is 29.6. The van der Waals surface area contributed by atoms with Gasteiger partial charge in [-0.05, 0) is 47.4 Å². The molecule has 6 nitrogen and oxygen atoms in total. The molecule has 4 rings (SSSR count). The quantitative estimate of drug-likeness (QED) is 0.191. The van der Waals surface area contributed by atoms with Crippen LogP contribution in [0.3, 0.4) is 0 Å². The summed E-state index contributed by atoms with van der Waals surface area (Å²) in [4.78, 5) is 28.2. The molecule has 0 aliphatic carbocycles. The van der Waals surface area contributed by atoms with E-state index < -0.39 is 41.1 Å². The van der Waals surface area contributed by atoms with Crippen LogP contribution in [0.4, 0.5) is 27.8 Å². The Morgan fingerprint density at radius 2 is 1.39 bits per heavy atom. The number of hydrogen-bond acceptors (Lipinski definition) is 4. The Balaban J connectivity index is 1.41. The summed E-state index contributed by atoms with van der Waals surface area (Å²) in [6, 6.07) is 20.9. The average molecular weight is 570 g/mol. The molecule has 3 N–H and O–H groups in total. The maximum atomic E-state index is 13.7. The number of pyridine rings is 1. The van der Waals surface area contributed by atoms with Gasteiger partial charge in [0.1, 0.15) is 11.9 Å². The molecule has 0 saturated carbocycles. The van der Waals surface area contributed by atoms with Crippen LogP contribution < -0.4 is 10.6 Å². The van der Waals surface area contributed by atoms with E-state index in [9.17, 15) is 31.5 Å². The van der Waals surface area contributed by atoms with Gasteiger partial charge in [-0.15, -0.1) is 0 Å². The van der Waals surface area contributed by atoms with Crippen molar-refractivity contribution in [2.45, 2.75) is 24.6 Å². The van der Waals surface area contributed by atoms with E-state index in [1.54, 1.807) is 36.4 Å². The van der Waals surface area contributed by atoms with Crippen molar-refractivity contribution in [1.29, 1.82) is 0 Å². The van der Waals surface area contributed by atoms with Gasteiger partial charge in [0.25, 0.3) is 0 Å². The molecule has 212 valence electrons. The normalized spacial score (nSPS) is 12.5. The summed E-state index contributed by atoms with van der Waals surface area (Å²) in [5, 5.41) is 14.6. The fourth-order valence-electron chi connectivity index (χ4n) is 4.06. The molecule has 0 bridgehead atoms. The van der Waals surface area contributed by atoms with Gasteiger partial charge in [0.15, 0.2) is 0 Å². The number of hydrogen-bond donors (Lipinski definition) is 3. The van der Waals surface area contributed by atoms with Gasteiger partial charge in [0.2, 0.25) is 5.91 Å². The highest BCUT2D eigenvalue weighted by Gasteiger charge is 2.40. The molecule has 1 atom stereocenters. The fourth-order valence-corrected chi connectivity index (χ4v) is 4.06. The molecule has 3 aromatic carbocycles. The first kappa shape index (κ1) is 29.3. The number of nitrogens with zero attached hydrogens (tertiary/aromatic N) is 1. The fraction of sp³-hybridized carbons (Fsp3) is 0.167. The van der Waals surface area contributed by atoms with Gasteiger partial charge >= 0.3 is 18.1 Å². The van der Waals surface area contributed by atoms with E-state index >= 15 is 0 Å². The molecular formula is C30H24F5N3O3. The number of carboxylic acids is 1. The summed E-state index contributed by atoms with van der Waals surface area (Å²) in [7, 11) is 0. The molecule has 0 radical (unpaired) electrons. The Morgan fingerprint density at radius 1 is 0.780 bits per heavy atom. The first-order chi connectivity index (χ1) is 19.4. The van der Waals surface area contributed by atoms with Crippen LogP contribution in [0.25, 0.3) is 11.1 Å². The third-order valence-corrected chi connectivity index (χ3v) is 6.30. The number of carboxylic acid groups (broad SMARTS) is 1. The van der Waals surface area contributed by atoms with Crippen LogP contribution in [-0.4, -0.2) is 28.5 Å². The summed E-state index contributed by atoms with van der Waals surface area (Å²) in [6.07, 6.45) is -2.59. The molecule has 0 aliphatic heterocycles. The van der Waals surface area contributed by atoms with Crippen molar-refractivity contribution < 1.29 is 36.6 Å². The summed E-state index contributed by atoms with van der Waals surface area (Å²) in [5.41, 5.74) is 1.05. The maximum absolute atomic E-state index is 13.7. The van der Waals surface area contributed by atoms with Crippen LogP contribution in [-0.2, 0) is 28.1 Å². The largest absolute Gasteiger partial charge is 0.477 e. The lowest BCUT2D eigenvalue weighted by molar-refractivity contribution is -0.166.